The van der Waals surface area contributed by atoms with Crippen LogP contribution >= 0.6 is 0 Å². The molecular weight excluding hydrogens is 324 g/mol. The van der Waals surface area contributed by atoms with Crippen LogP contribution < -0.4 is 0 Å². The van der Waals surface area contributed by atoms with Crippen LogP contribution in [0, 0.1) is 0 Å². The molecule has 2 aliphatic rings. The summed E-state index contributed by atoms with van der Waals surface area (Å²) in [6.07, 6.45) is 2.69. The van der Waals surface area contributed by atoms with Gasteiger partial charge in [-0.25, -0.2) is 0 Å². The molecule has 4 heteroatoms. The third-order valence-corrected chi connectivity index (χ3v) is 5.58. The van der Waals surface area contributed by atoms with Gasteiger partial charge in [-0.1, -0.05) is 48.5 Å². The lowest BCUT2D eigenvalue weighted by Crippen LogP contribution is -2.42. The maximum absolute atomic E-state index is 13.2. The molecule has 2 fully saturated rings. The molecule has 0 atom stereocenters. The molecule has 1 aliphatic heterocycles. The highest BCUT2D eigenvalue weighted by molar-refractivity contribution is 5.94. The maximum atomic E-state index is 13.2. The minimum atomic E-state index is -0.320. The highest BCUT2D eigenvalue weighted by Gasteiger charge is 2.52. The van der Waals surface area contributed by atoms with Crippen LogP contribution in [0.4, 0.5) is 0 Å². The summed E-state index contributed by atoms with van der Waals surface area (Å²) in [6, 6.07) is 19.5. The van der Waals surface area contributed by atoms with E-state index in [0.717, 1.165) is 36.9 Å². The minimum absolute atomic E-state index is 0.0593. The van der Waals surface area contributed by atoms with E-state index in [1.165, 1.54) is 0 Å². The molecule has 0 unspecified atom stereocenters. The van der Waals surface area contributed by atoms with Crippen molar-refractivity contribution in [3.8, 4) is 0 Å². The quantitative estimate of drug-likeness (QED) is 0.855. The van der Waals surface area contributed by atoms with Crippen LogP contribution in [0.15, 0.2) is 60.7 Å². The summed E-state index contributed by atoms with van der Waals surface area (Å²) in [7, 11) is 0. The lowest BCUT2D eigenvalue weighted by molar-refractivity contribution is -0.133. The fourth-order valence-corrected chi connectivity index (χ4v) is 3.90. The Labute approximate surface area is 154 Å². The molecule has 0 bridgehead atoms. The molecule has 2 amide bonds. The summed E-state index contributed by atoms with van der Waals surface area (Å²) in [5.41, 5.74) is 1.53. The predicted molar refractivity (Wildman–Crippen MR) is 101 cm³/mol. The fourth-order valence-electron chi connectivity index (χ4n) is 3.90. The van der Waals surface area contributed by atoms with E-state index in [4.69, 9.17) is 0 Å². The van der Waals surface area contributed by atoms with Crippen molar-refractivity contribution in [1.82, 2.24) is 9.80 Å². The highest BCUT2D eigenvalue weighted by Crippen LogP contribution is 2.49. The van der Waals surface area contributed by atoms with E-state index >= 15 is 0 Å². The van der Waals surface area contributed by atoms with Gasteiger partial charge in [0.25, 0.3) is 5.91 Å². The summed E-state index contributed by atoms with van der Waals surface area (Å²) in [4.78, 5) is 29.7. The van der Waals surface area contributed by atoms with Gasteiger partial charge in [-0.2, -0.15) is 0 Å². The maximum Gasteiger partial charge on any atom is 0.253 e. The van der Waals surface area contributed by atoms with Crippen LogP contribution in [-0.2, 0) is 10.2 Å². The van der Waals surface area contributed by atoms with Crippen LogP contribution in [0.5, 0.6) is 0 Å². The molecule has 0 N–H and O–H groups in total. The first kappa shape index (κ1) is 16.8. The van der Waals surface area contributed by atoms with Gasteiger partial charge in [-0.15, -0.1) is 0 Å². The molecule has 1 saturated carbocycles. The number of hydrogen-bond acceptors (Lipinski definition) is 2. The van der Waals surface area contributed by atoms with E-state index in [9.17, 15) is 9.59 Å². The monoisotopic (exact) mass is 348 g/mol. The van der Waals surface area contributed by atoms with Crippen molar-refractivity contribution in [2.24, 2.45) is 0 Å². The van der Waals surface area contributed by atoms with Crippen LogP contribution in [0.3, 0.4) is 0 Å². The van der Waals surface area contributed by atoms with E-state index in [0.29, 0.717) is 19.6 Å². The predicted octanol–water partition coefficient (Wildman–Crippen LogP) is 3.09. The van der Waals surface area contributed by atoms with Gasteiger partial charge < -0.3 is 9.80 Å². The summed E-state index contributed by atoms with van der Waals surface area (Å²) in [6.45, 7) is 2.65. The number of nitrogens with zero attached hydrogens (tertiary/aromatic N) is 2. The Morgan fingerprint density at radius 3 is 1.96 bits per heavy atom. The molecule has 2 aromatic rings. The van der Waals surface area contributed by atoms with Crippen molar-refractivity contribution < 1.29 is 9.59 Å². The largest absolute Gasteiger partial charge is 0.340 e. The van der Waals surface area contributed by atoms with Gasteiger partial charge >= 0.3 is 0 Å². The Morgan fingerprint density at radius 1 is 0.731 bits per heavy atom. The van der Waals surface area contributed by atoms with E-state index in [1.807, 2.05) is 58.3 Å². The Hall–Kier alpha value is -2.62. The molecular formula is C22H24N2O2. The van der Waals surface area contributed by atoms with E-state index in [2.05, 4.69) is 12.1 Å². The fraction of sp³-hybridized carbons (Fsp3) is 0.364. The first-order chi connectivity index (χ1) is 12.7. The first-order valence-corrected chi connectivity index (χ1v) is 9.40. The normalized spacial score (nSPS) is 18.9. The summed E-state index contributed by atoms with van der Waals surface area (Å²) in [5.74, 6) is 0.293. The zero-order valence-electron chi connectivity index (χ0n) is 14.9. The second-order valence-corrected chi connectivity index (χ2v) is 7.25. The summed E-state index contributed by atoms with van der Waals surface area (Å²) >= 11 is 0. The number of amides is 2. The average Bonchev–Trinajstić information content (AvgIpc) is 3.53. The van der Waals surface area contributed by atoms with Gasteiger partial charge in [0.05, 0.1) is 5.41 Å². The molecule has 1 saturated heterocycles. The number of rotatable bonds is 3. The number of carbonyl (C=O) groups is 2. The van der Waals surface area contributed by atoms with Crippen molar-refractivity contribution in [1.29, 1.82) is 0 Å². The lowest BCUT2D eigenvalue weighted by atomic mass is 9.94. The SMILES string of the molecule is O=C(c1ccccc1)N1CCCN(C(=O)C2(c3ccccc3)CC2)CC1. The van der Waals surface area contributed by atoms with Crippen molar-refractivity contribution in [2.45, 2.75) is 24.7 Å². The first-order valence-electron chi connectivity index (χ1n) is 9.40. The molecule has 4 nitrogen and oxygen atoms in total. The van der Waals surface area contributed by atoms with Gasteiger partial charge in [-0.3, -0.25) is 9.59 Å². The third kappa shape index (κ3) is 3.12. The van der Waals surface area contributed by atoms with E-state index in [-0.39, 0.29) is 17.2 Å². The van der Waals surface area contributed by atoms with E-state index in [1.54, 1.807) is 0 Å². The van der Waals surface area contributed by atoms with Gasteiger partial charge in [0, 0.05) is 31.7 Å². The Bertz CT molecular complexity index is 784. The van der Waals surface area contributed by atoms with E-state index < -0.39 is 0 Å². The van der Waals surface area contributed by atoms with Crippen LogP contribution in [0.25, 0.3) is 0 Å². The highest BCUT2D eigenvalue weighted by atomic mass is 16.2. The molecule has 0 spiro atoms. The standard InChI is InChI=1S/C22H24N2O2/c25-20(18-8-3-1-4-9-18)23-14-7-15-24(17-16-23)21(26)22(12-13-22)19-10-5-2-6-11-19/h1-6,8-11H,7,12-17H2. The van der Waals surface area contributed by atoms with Crippen molar-refractivity contribution in [3.05, 3.63) is 71.8 Å². The number of carbonyl (C=O) groups excluding carboxylic acids is 2. The Morgan fingerprint density at radius 2 is 1.31 bits per heavy atom. The van der Waals surface area contributed by atoms with Crippen molar-refractivity contribution >= 4 is 11.8 Å². The van der Waals surface area contributed by atoms with Gasteiger partial charge in [0.1, 0.15) is 0 Å². The molecule has 0 radical (unpaired) electrons. The van der Waals surface area contributed by atoms with Gasteiger partial charge in [0.2, 0.25) is 5.91 Å². The van der Waals surface area contributed by atoms with Gasteiger partial charge in [0.15, 0.2) is 0 Å². The number of benzene rings is 2. The molecule has 1 heterocycles. The smallest absolute Gasteiger partial charge is 0.253 e. The zero-order valence-corrected chi connectivity index (χ0v) is 14.9. The Balaban J connectivity index is 1.44. The summed E-state index contributed by atoms with van der Waals surface area (Å²) in [5, 5.41) is 0. The minimum Gasteiger partial charge on any atom is -0.340 e. The Kier molecular flexibility index (Phi) is 4.49. The lowest BCUT2D eigenvalue weighted by Gasteiger charge is -2.26. The van der Waals surface area contributed by atoms with Crippen LogP contribution in [-0.4, -0.2) is 47.8 Å². The molecule has 134 valence electrons. The average molecular weight is 348 g/mol. The second-order valence-electron chi connectivity index (χ2n) is 7.25. The van der Waals surface area contributed by atoms with Crippen molar-refractivity contribution in [2.75, 3.05) is 26.2 Å². The number of hydrogen-bond donors (Lipinski definition) is 0. The molecule has 26 heavy (non-hydrogen) atoms. The topological polar surface area (TPSA) is 40.6 Å². The molecule has 1 aliphatic carbocycles. The zero-order chi connectivity index (χ0) is 18.0. The molecule has 2 aromatic carbocycles. The van der Waals surface area contributed by atoms with Crippen molar-refractivity contribution in [3.63, 3.8) is 0 Å². The van der Waals surface area contributed by atoms with Crippen LogP contribution in [0.1, 0.15) is 35.2 Å². The molecule has 4 rings (SSSR count). The third-order valence-electron chi connectivity index (χ3n) is 5.58. The van der Waals surface area contributed by atoms with Crippen LogP contribution in [0.2, 0.25) is 0 Å². The molecule has 0 aromatic heterocycles. The second kappa shape index (κ2) is 6.94. The van der Waals surface area contributed by atoms with Gasteiger partial charge in [-0.05, 0) is 37.0 Å². The summed E-state index contributed by atoms with van der Waals surface area (Å²) < 4.78 is 0.